The van der Waals surface area contributed by atoms with Crippen molar-refractivity contribution in [2.75, 3.05) is 18.4 Å². The first-order valence-electron chi connectivity index (χ1n) is 7.77. The second-order valence-electron chi connectivity index (χ2n) is 5.72. The lowest BCUT2D eigenvalue weighted by atomic mass is 10.1. The number of amides is 2. The number of hydrogen-bond acceptors (Lipinski definition) is 4. The molecule has 1 N–H and O–H groups in total. The number of aryl methyl sites for hydroxylation is 1. The molecule has 0 unspecified atom stereocenters. The minimum Gasteiger partial charge on any atom is -0.351 e. The Morgan fingerprint density at radius 1 is 1.13 bits per heavy atom. The van der Waals surface area contributed by atoms with E-state index < -0.39 is 0 Å². The van der Waals surface area contributed by atoms with Crippen LogP contribution >= 0.6 is 0 Å². The first-order valence-corrected chi connectivity index (χ1v) is 7.77. The Labute approximate surface area is 134 Å². The number of benzene rings is 1. The molecule has 1 fully saturated rings. The van der Waals surface area contributed by atoms with Crippen LogP contribution in [0, 0.1) is 6.92 Å². The lowest BCUT2D eigenvalue weighted by Crippen LogP contribution is -2.35. The molecule has 6 heteroatoms. The molecule has 1 aromatic carbocycles. The van der Waals surface area contributed by atoms with Crippen LogP contribution in [0.25, 0.3) is 0 Å². The average Bonchev–Trinajstić information content (AvgIpc) is 3.02. The number of piperidine rings is 1. The zero-order chi connectivity index (χ0) is 16.2. The highest BCUT2D eigenvalue weighted by Gasteiger charge is 2.18. The van der Waals surface area contributed by atoms with Crippen molar-refractivity contribution in [3.63, 3.8) is 0 Å². The Hall–Kier alpha value is -2.63. The molecule has 23 heavy (non-hydrogen) atoms. The molecule has 1 aromatic heterocycles. The van der Waals surface area contributed by atoms with Crippen LogP contribution in [0.1, 0.15) is 45.9 Å². The summed E-state index contributed by atoms with van der Waals surface area (Å²) in [5.41, 5.74) is 1.90. The smallest absolute Gasteiger partial charge is 0.294 e. The Kier molecular flexibility index (Phi) is 4.41. The van der Waals surface area contributed by atoms with E-state index >= 15 is 0 Å². The van der Waals surface area contributed by atoms with E-state index in [1.807, 2.05) is 4.90 Å². The SMILES string of the molecule is Cc1cc(C(=O)Nc2ccc(C(=O)N3CCCCC3)cc2)on1. The van der Waals surface area contributed by atoms with Gasteiger partial charge in [0, 0.05) is 30.4 Å². The van der Waals surface area contributed by atoms with Crippen LogP contribution < -0.4 is 5.32 Å². The number of carbonyl (C=O) groups is 2. The van der Waals surface area contributed by atoms with Gasteiger partial charge in [0.2, 0.25) is 5.76 Å². The summed E-state index contributed by atoms with van der Waals surface area (Å²) in [4.78, 5) is 26.2. The molecule has 0 spiro atoms. The number of rotatable bonds is 3. The summed E-state index contributed by atoms with van der Waals surface area (Å²) in [5, 5.41) is 6.40. The van der Waals surface area contributed by atoms with Gasteiger partial charge in [-0.3, -0.25) is 9.59 Å². The number of likely N-dealkylation sites (tertiary alicyclic amines) is 1. The summed E-state index contributed by atoms with van der Waals surface area (Å²) in [6, 6.07) is 8.48. The Bertz CT molecular complexity index is 700. The zero-order valence-electron chi connectivity index (χ0n) is 13.0. The van der Waals surface area contributed by atoms with Crippen LogP contribution in [0.15, 0.2) is 34.9 Å². The average molecular weight is 313 g/mol. The third-order valence-corrected chi connectivity index (χ3v) is 3.88. The second kappa shape index (κ2) is 6.64. The van der Waals surface area contributed by atoms with Gasteiger partial charge in [0.1, 0.15) is 0 Å². The van der Waals surface area contributed by atoms with Crippen molar-refractivity contribution in [2.24, 2.45) is 0 Å². The molecule has 2 aromatic rings. The normalized spacial score (nSPS) is 14.6. The molecule has 1 aliphatic heterocycles. The summed E-state index contributed by atoms with van der Waals surface area (Å²) < 4.78 is 4.92. The van der Waals surface area contributed by atoms with Gasteiger partial charge in [-0.2, -0.15) is 0 Å². The number of carbonyl (C=O) groups excluding carboxylic acids is 2. The third-order valence-electron chi connectivity index (χ3n) is 3.88. The zero-order valence-corrected chi connectivity index (χ0v) is 13.0. The highest BCUT2D eigenvalue weighted by molar-refractivity contribution is 6.02. The monoisotopic (exact) mass is 313 g/mol. The lowest BCUT2D eigenvalue weighted by Gasteiger charge is -2.26. The van der Waals surface area contributed by atoms with Crippen LogP contribution in [-0.4, -0.2) is 35.0 Å². The number of aromatic nitrogens is 1. The minimum atomic E-state index is -0.360. The molecular weight excluding hydrogens is 294 g/mol. The van der Waals surface area contributed by atoms with Gasteiger partial charge in [-0.15, -0.1) is 0 Å². The van der Waals surface area contributed by atoms with E-state index in [-0.39, 0.29) is 17.6 Å². The fraction of sp³-hybridized carbons (Fsp3) is 0.353. The molecule has 120 valence electrons. The molecule has 3 rings (SSSR count). The van der Waals surface area contributed by atoms with Crippen molar-refractivity contribution < 1.29 is 14.1 Å². The number of hydrogen-bond donors (Lipinski definition) is 1. The van der Waals surface area contributed by atoms with Crippen molar-refractivity contribution in [3.05, 3.63) is 47.3 Å². The third kappa shape index (κ3) is 3.59. The summed E-state index contributed by atoms with van der Waals surface area (Å²) >= 11 is 0. The second-order valence-corrected chi connectivity index (χ2v) is 5.72. The molecule has 1 saturated heterocycles. The first-order chi connectivity index (χ1) is 11.1. The van der Waals surface area contributed by atoms with Crippen LogP contribution in [0.5, 0.6) is 0 Å². The molecule has 2 amide bonds. The Balaban J connectivity index is 1.64. The van der Waals surface area contributed by atoms with Gasteiger partial charge < -0.3 is 14.7 Å². The van der Waals surface area contributed by atoms with Gasteiger partial charge in [0.15, 0.2) is 0 Å². The molecule has 0 bridgehead atoms. The van der Waals surface area contributed by atoms with Crippen molar-refractivity contribution in [3.8, 4) is 0 Å². The van der Waals surface area contributed by atoms with Crippen LogP contribution in [-0.2, 0) is 0 Å². The number of nitrogens with zero attached hydrogens (tertiary/aromatic N) is 2. The molecule has 0 atom stereocenters. The molecular formula is C17H19N3O3. The molecule has 1 aliphatic rings. The summed E-state index contributed by atoms with van der Waals surface area (Å²) in [5.74, 6) is -0.148. The van der Waals surface area contributed by atoms with E-state index in [1.54, 1.807) is 37.3 Å². The summed E-state index contributed by atoms with van der Waals surface area (Å²) in [6.07, 6.45) is 3.32. The fourth-order valence-electron chi connectivity index (χ4n) is 2.64. The molecule has 0 radical (unpaired) electrons. The Morgan fingerprint density at radius 2 is 1.83 bits per heavy atom. The number of anilines is 1. The Morgan fingerprint density at radius 3 is 2.43 bits per heavy atom. The van der Waals surface area contributed by atoms with Crippen LogP contribution in [0.2, 0.25) is 0 Å². The molecule has 2 heterocycles. The van der Waals surface area contributed by atoms with E-state index in [1.165, 1.54) is 6.42 Å². The summed E-state index contributed by atoms with van der Waals surface area (Å²) in [7, 11) is 0. The molecule has 6 nitrogen and oxygen atoms in total. The maximum absolute atomic E-state index is 12.4. The van der Waals surface area contributed by atoms with Crippen LogP contribution in [0.4, 0.5) is 5.69 Å². The van der Waals surface area contributed by atoms with Gasteiger partial charge >= 0.3 is 0 Å². The standard InChI is InChI=1S/C17H19N3O3/c1-12-11-15(23-19-12)16(21)18-14-7-5-13(6-8-14)17(22)20-9-3-2-4-10-20/h5-8,11H,2-4,9-10H2,1H3,(H,18,21). The van der Waals surface area contributed by atoms with Crippen molar-refractivity contribution in [1.29, 1.82) is 0 Å². The summed E-state index contributed by atoms with van der Waals surface area (Å²) in [6.45, 7) is 3.39. The first kappa shape index (κ1) is 15.3. The lowest BCUT2D eigenvalue weighted by molar-refractivity contribution is 0.0724. The maximum Gasteiger partial charge on any atom is 0.294 e. The van der Waals surface area contributed by atoms with E-state index in [0.29, 0.717) is 16.9 Å². The molecule has 0 saturated carbocycles. The van der Waals surface area contributed by atoms with E-state index in [9.17, 15) is 9.59 Å². The molecule has 0 aliphatic carbocycles. The van der Waals surface area contributed by atoms with Gasteiger partial charge in [-0.05, 0) is 50.5 Å². The van der Waals surface area contributed by atoms with E-state index in [0.717, 1.165) is 25.9 Å². The predicted molar refractivity (Wildman–Crippen MR) is 85.4 cm³/mol. The van der Waals surface area contributed by atoms with Crippen LogP contribution in [0.3, 0.4) is 0 Å². The van der Waals surface area contributed by atoms with Gasteiger partial charge in [-0.1, -0.05) is 5.16 Å². The quantitative estimate of drug-likeness (QED) is 0.945. The largest absolute Gasteiger partial charge is 0.351 e. The van der Waals surface area contributed by atoms with E-state index in [2.05, 4.69) is 10.5 Å². The minimum absolute atomic E-state index is 0.0495. The highest BCUT2D eigenvalue weighted by Crippen LogP contribution is 2.16. The maximum atomic E-state index is 12.4. The van der Waals surface area contributed by atoms with Crippen molar-refractivity contribution >= 4 is 17.5 Å². The predicted octanol–water partition coefficient (Wildman–Crippen LogP) is 2.86. The topological polar surface area (TPSA) is 75.4 Å². The van der Waals surface area contributed by atoms with Gasteiger partial charge in [0.05, 0.1) is 5.69 Å². The highest BCUT2D eigenvalue weighted by atomic mass is 16.5. The fourth-order valence-corrected chi connectivity index (χ4v) is 2.64. The number of nitrogens with one attached hydrogen (secondary N) is 1. The van der Waals surface area contributed by atoms with Crippen molar-refractivity contribution in [1.82, 2.24) is 10.1 Å². The van der Waals surface area contributed by atoms with E-state index in [4.69, 9.17) is 4.52 Å². The van der Waals surface area contributed by atoms with Crippen molar-refractivity contribution in [2.45, 2.75) is 26.2 Å². The van der Waals surface area contributed by atoms with Gasteiger partial charge in [-0.25, -0.2) is 0 Å². The van der Waals surface area contributed by atoms with Gasteiger partial charge in [0.25, 0.3) is 11.8 Å².